The normalized spacial score (nSPS) is 12.9. The van der Waals surface area contributed by atoms with Crippen LogP contribution in [0.3, 0.4) is 0 Å². The molecular weight excluding hydrogens is 344 g/mol. The number of allylic oxidation sites excluding steroid dienone is 7. The van der Waals surface area contributed by atoms with Gasteiger partial charge in [0.25, 0.3) is 5.56 Å². The van der Waals surface area contributed by atoms with Gasteiger partial charge in [-0.1, -0.05) is 63.1 Å². The standard InChI is InChI=1S/C25H32N2O/c1-6-9-10-12-21(11-7-2)22-15-16-24-26-23(17-25(28)27(24)18-22)20(8-3)14-13-19(4)5/h8,11,13-18H,4,6-7,9-10,12H2,1-3,5H3/b14-13-,20-8+,21-11+. The number of pyridine rings is 1. The number of hydrogen-bond donors (Lipinski definition) is 0. The van der Waals surface area contributed by atoms with Gasteiger partial charge in [-0.15, -0.1) is 0 Å². The predicted molar refractivity (Wildman–Crippen MR) is 121 cm³/mol. The second-order valence-corrected chi connectivity index (χ2v) is 7.14. The smallest absolute Gasteiger partial charge is 0.258 e. The van der Waals surface area contributed by atoms with Gasteiger partial charge in [0.1, 0.15) is 5.65 Å². The molecule has 0 aliphatic heterocycles. The highest BCUT2D eigenvalue weighted by Crippen LogP contribution is 2.22. The van der Waals surface area contributed by atoms with Crippen molar-refractivity contribution in [3.8, 4) is 0 Å². The van der Waals surface area contributed by atoms with Crippen LogP contribution in [0.15, 0.2) is 65.6 Å². The van der Waals surface area contributed by atoms with E-state index in [9.17, 15) is 4.79 Å². The highest BCUT2D eigenvalue weighted by atomic mass is 16.1. The van der Waals surface area contributed by atoms with E-state index < -0.39 is 0 Å². The molecule has 0 amide bonds. The van der Waals surface area contributed by atoms with Crippen molar-refractivity contribution in [1.82, 2.24) is 9.38 Å². The van der Waals surface area contributed by atoms with Crippen molar-refractivity contribution in [1.29, 1.82) is 0 Å². The van der Waals surface area contributed by atoms with Gasteiger partial charge in [-0.2, -0.15) is 0 Å². The fourth-order valence-corrected chi connectivity index (χ4v) is 3.18. The fraction of sp³-hybridized carbons (Fsp3) is 0.360. The summed E-state index contributed by atoms with van der Waals surface area (Å²) in [7, 11) is 0. The van der Waals surface area contributed by atoms with E-state index in [2.05, 4.69) is 32.6 Å². The van der Waals surface area contributed by atoms with Gasteiger partial charge >= 0.3 is 0 Å². The Bertz CT molecular complexity index is 974. The van der Waals surface area contributed by atoms with Gasteiger partial charge in [-0.3, -0.25) is 9.20 Å². The summed E-state index contributed by atoms with van der Waals surface area (Å²) in [6, 6.07) is 5.63. The quantitative estimate of drug-likeness (QED) is 0.365. The van der Waals surface area contributed by atoms with E-state index in [-0.39, 0.29) is 5.56 Å². The van der Waals surface area contributed by atoms with E-state index in [0.29, 0.717) is 11.3 Å². The summed E-state index contributed by atoms with van der Waals surface area (Å²) in [4.78, 5) is 17.5. The van der Waals surface area contributed by atoms with Gasteiger partial charge < -0.3 is 0 Å². The minimum Gasteiger partial charge on any atom is -0.269 e. The number of hydrogen-bond acceptors (Lipinski definition) is 2. The van der Waals surface area contributed by atoms with Gasteiger partial charge in [0.2, 0.25) is 0 Å². The van der Waals surface area contributed by atoms with Crippen LogP contribution in [0.1, 0.15) is 71.1 Å². The lowest BCUT2D eigenvalue weighted by molar-refractivity contribution is 0.734. The molecule has 3 nitrogen and oxygen atoms in total. The largest absolute Gasteiger partial charge is 0.269 e. The first-order valence-electron chi connectivity index (χ1n) is 10.2. The monoisotopic (exact) mass is 376 g/mol. The van der Waals surface area contributed by atoms with Crippen LogP contribution in [0.4, 0.5) is 0 Å². The zero-order valence-electron chi connectivity index (χ0n) is 17.7. The summed E-state index contributed by atoms with van der Waals surface area (Å²) < 4.78 is 1.65. The maximum absolute atomic E-state index is 12.8. The summed E-state index contributed by atoms with van der Waals surface area (Å²) in [5, 5.41) is 0. The minimum atomic E-state index is -0.0608. The molecule has 2 aromatic rings. The first-order valence-corrected chi connectivity index (χ1v) is 10.2. The third-order valence-electron chi connectivity index (χ3n) is 4.68. The molecule has 0 unspecified atom stereocenters. The van der Waals surface area contributed by atoms with Crippen molar-refractivity contribution < 1.29 is 0 Å². The zero-order chi connectivity index (χ0) is 20.5. The average Bonchev–Trinajstić information content (AvgIpc) is 2.67. The Balaban J connectivity index is 2.45. The zero-order valence-corrected chi connectivity index (χ0v) is 17.7. The van der Waals surface area contributed by atoms with Crippen LogP contribution in [0.25, 0.3) is 16.8 Å². The SMILES string of the molecule is C=C(C)/C=C\C(=C/C)c1cc(=O)n2cc(/C(=C/CC)CCCCC)ccc2n1. The molecule has 0 aromatic carbocycles. The second-order valence-electron chi connectivity index (χ2n) is 7.14. The van der Waals surface area contributed by atoms with Crippen LogP contribution in [0.5, 0.6) is 0 Å². The summed E-state index contributed by atoms with van der Waals surface area (Å²) in [5.41, 5.74) is 5.58. The number of aromatic nitrogens is 2. The van der Waals surface area contributed by atoms with E-state index in [0.717, 1.165) is 29.6 Å². The van der Waals surface area contributed by atoms with Crippen molar-refractivity contribution in [3.63, 3.8) is 0 Å². The Labute approximate surface area is 168 Å². The Morgan fingerprint density at radius 2 is 2.00 bits per heavy atom. The molecule has 2 aromatic heterocycles. The molecule has 0 aliphatic carbocycles. The Morgan fingerprint density at radius 3 is 2.64 bits per heavy atom. The molecule has 28 heavy (non-hydrogen) atoms. The highest BCUT2D eigenvalue weighted by molar-refractivity contribution is 5.73. The molecule has 3 heteroatoms. The van der Waals surface area contributed by atoms with Crippen molar-refractivity contribution in [3.05, 3.63) is 82.5 Å². The van der Waals surface area contributed by atoms with Gasteiger partial charge in [-0.25, -0.2) is 4.98 Å². The highest BCUT2D eigenvalue weighted by Gasteiger charge is 2.08. The molecule has 0 radical (unpaired) electrons. The fourth-order valence-electron chi connectivity index (χ4n) is 3.18. The average molecular weight is 377 g/mol. The lowest BCUT2D eigenvalue weighted by Crippen LogP contribution is -2.15. The molecule has 2 rings (SSSR count). The van der Waals surface area contributed by atoms with Crippen LogP contribution >= 0.6 is 0 Å². The number of unbranched alkanes of at least 4 members (excludes halogenated alkanes) is 2. The summed E-state index contributed by atoms with van der Waals surface area (Å²) in [6.07, 6.45) is 15.7. The van der Waals surface area contributed by atoms with Crippen molar-refractivity contribution in [2.24, 2.45) is 0 Å². The Kier molecular flexibility index (Phi) is 8.19. The third-order valence-corrected chi connectivity index (χ3v) is 4.68. The van der Waals surface area contributed by atoms with Gasteiger partial charge in [0.15, 0.2) is 0 Å². The van der Waals surface area contributed by atoms with Crippen LogP contribution < -0.4 is 5.56 Å². The first kappa shape index (κ1) is 21.6. The lowest BCUT2D eigenvalue weighted by atomic mass is 10.00. The van der Waals surface area contributed by atoms with Crippen LogP contribution in [0.2, 0.25) is 0 Å². The molecule has 0 saturated heterocycles. The van der Waals surface area contributed by atoms with E-state index >= 15 is 0 Å². The van der Waals surface area contributed by atoms with Crippen molar-refractivity contribution in [2.75, 3.05) is 0 Å². The molecule has 2 heterocycles. The van der Waals surface area contributed by atoms with Crippen LogP contribution in [-0.4, -0.2) is 9.38 Å². The minimum absolute atomic E-state index is 0.0608. The second kappa shape index (κ2) is 10.6. The molecule has 148 valence electrons. The molecule has 0 aliphatic rings. The Morgan fingerprint density at radius 1 is 1.21 bits per heavy atom. The summed E-state index contributed by atoms with van der Waals surface area (Å²) in [6.45, 7) is 12.1. The van der Waals surface area contributed by atoms with Crippen LogP contribution in [-0.2, 0) is 0 Å². The number of rotatable bonds is 9. The third kappa shape index (κ3) is 5.66. The molecule has 0 N–H and O–H groups in total. The maximum Gasteiger partial charge on any atom is 0.258 e. The molecule has 0 saturated carbocycles. The molecule has 0 fully saturated rings. The van der Waals surface area contributed by atoms with E-state index in [4.69, 9.17) is 4.98 Å². The summed E-state index contributed by atoms with van der Waals surface area (Å²) in [5.74, 6) is 0. The van der Waals surface area contributed by atoms with Gasteiger partial charge in [0.05, 0.1) is 5.69 Å². The molecule has 0 spiro atoms. The number of nitrogens with zero attached hydrogens (tertiary/aromatic N) is 2. The van der Waals surface area contributed by atoms with Crippen molar-refractivity contribution >= 4 is 16.8 Å². The number of fused-ring (bicyclic) bond motifs is 1. The topological polar surface area (TPSA) is 34.4 Å². The maximum atomic E-state index is 12.8. The molecule has 0 atom stereocenters. The van der Waals surface area contributed by atoms with Crippen molar-refractivity contribution in [2.45, 2.75) is 59.8 Å². The van der Waals surface area contributed by atoms with E-state index in [1.807, 2.05) is 44.3 Å². The predicted octanol–water partition coefficient (Wildman–Crippen LogP) is 6.60. The van der Waals surface area contributed by atoms with Gasteiger partial charge in [0, 0.05) is 12.3 Å². The molecular formula is C25H32N2O. The van der Waals surface area contributed by atoms with E-state index in [1.54, 1.807) is 10.5 Å². The molecule has 0 bridgehead atoms. The Hall–Kier alpha value is -2.68. The van der Waals surface area contributed by atoms with Crippen LogP contribution in [0, 0.1) is 0 Å². The first-order chi connectivity index (χ1) is 13.5. The van der Waals surface area contributed by atoms with Gasteiger partial charge in [-0.05, 0) is 62.0 Å². The summed E-state index contributed by atoms with van der Waals surface area (Å²) >= 11 is 0. The lowest BCUT2D eigenvalue weighted by Gasteiger charge is -2.11. The van der Waals surface area contributed by atoms with E-state index in [1.165, 1.54) is 24.8 Å².